The van der Waals surface area contributed by atoms with Gasteiger partial charge >= 0.3 is 0 Å². The van der Waals surface area contributed by atoms with Gasteiger partial charge in [-0.25, -0.2) is 0 Å². The maximum Gasteiger partial charge on any atom is 0.191 e. The molecule has 1 aromatic rings. The first kappa shape index (κ1) is 24.6. The Kier molecular flexibility index (Phi) is 13.0. The summed E-state index contributed by atoms with van der Waals surface area (Å²) >= 11 is 0. The zero-order valence-electron chi connectivity index (χ0n) is 16.8. The Morgan fingerprint density at radius 1 is 1.04 bits per heavy atom. The highest BCUT2D eigenvalue weighted by atomic mass is 127. The quantitative estimate of drug-likeness (QED) is 0.306. The van der Waals surface area contributed by atoms with E-state index in [9.17, 15) is 0 Å². The smallest absolute Gasteiger partial charge is 0.191 e. The van der Waals surface area contributed by atoms with Crippen molar-refractivity contribution >= 4 is 29.9 Å². The van der Waals surface area contributed by atoms with E-state index in [1.54, 1.807) is 21.3 Å². The number of halogens is 1. The number of hydrogen-bond donors (Lipinski definition) is 2. The molecule has 0 aromatic heterocycles. The molecule has 0 atom stereocenters. The van der Waals surface area contributed by atoms with Crippen molar-refractivity contribution in [2.24, 2.45) is 10.9 Å². The maximum atomic E-state index is 5.49. The van der Waals surface area contributed by atoms with Crippen LogP contribution in [-0.4, -0.2) is 46.9 Å². The van der Waals surface area contributed by atoms with Crippen molar-refractivity contribution in [2.75, 3.05) is 41.0 Å². The van der Waals surface area contributed by atoms with Crippen molar-refractivity contribution in [1.82, 2.24) is 10.6 Å². The van der Waals surface area contributed by atoms with Crippen LogP contribution < -0.4 is 24.8 Å². The van der Waals surface area contributed by atoms with Gasteiger partial charge in [0.05, 0.1) is 21.3 Å². The van der Waals surface area contributed by atoms with Crippen molar-refractivity contribution in [1.29, 1.82) is 0 Å². The van der Waals surface area contributed by atoms with E-state index in [-0.39, 0.29) is 24.0 Å². The van der Waals surface area contributed by atoms with E-state index in [1.807, 2.05) is 12.1 Å². The fraction of sp³-hybridized carbons (Fsp3) is 0.632. The number of nitrogens with one attached hydrogen (secondary N) is 2. The Bertz CT molecular complexity index is 526. The molecule has 0 aliphatic heterocycles. The van der Waals surface area contributed by atoms with E-state index >= 15 is 0 Å². The Balaban J connectivity index is 0.00000625. The molecule has 1 rings (SSSR count). The number of aliphatic imine (C=N–C) groups is 1. The highest BCUT2D eigenvalue weighted by molar-refractivity contribution is 14.0. The number of guanidine groups is 1. The Morgan fingerprint density at radius 2 is 1.65 bits per heavy atom. The highest BCUT2D eigenvalue weighted by Crippen LogP contribution is 2.34. The third kappa shape index (κ3) is 8.33. The fourth-order valence-corrected chi connectivity index (χ4v) is 2.41. The zero-order valence-corrected chi connectivity index (χ0v) is 19.2. The van der Waals surface area contributed by atoms with E-state index in [2.05, 4.69) is 36.4 Å². The van der Waals surface area contributed by atoms with Crippen LogP contribution >= 0.6 is 24.0 Å². The van der Waals surface area contributed by atoms with Gasteiger partial charge in [0.2, 0.25) is 0 Å². The van der Waals surface area contributed by atoms with Gasteiger partial charge < -0.3 is 24.8 Å². The Morgan fingerprint density at radius 3 is 2.12 bits per heavy atom. The molecule has 0 radical (unpaired) electrons. The average molecular weight is 479 g/mol. The van der Waals surface area contributed by atoms with Gasteiger partial charge in [0.1, 0.15) is 17.2 Å². The lowest BCUT2D eigenvalue weighted by Crippen LogP contribution is -2.38. The first-order valence-corrected chi connectivity index (χ1v) is 8.86. The summed E-state index contributed by atoms with van der Waals surface area (Å²) in [5.74, 6) is 3.74. The summed E-state index contributed by atoms with van der Waals surface area (Å²) in [5.41, 5.74) is 1.01. The van der Waals surface area contributed by atoms with Gasteiger partial charge in [-0.1, -0.05) is 13.8 Å². The van der Waals surface area contributed by atoms with E-state index in [1.165, 1.54) is 0 Å². The lowest BCUT2D eigenvalue weighted by Gasteiger charge is -2.16. The highest BCUT2D eigenvalue weighted by Gasteiger charge is 2.13. The van der Waals surface area contributed by atoms with E-state index in [0.717, 1.165) is 55.5 Å². The van der Waals surface area contributed by atoms with Crippen LogP contribution in [-0.2, 0) is 6.42 Å². The second kappa shape index (κ2) is 13.8. The molecule has 0 amide bonds. The molecule has 150 valence electrons. The monoisotopic (exact) mass is 479 g/mol. The van der Waals surface area contributed by atoms with Crippen LogP contribution in [0.25, 0.3) is 0 Å². The molecule has 0 fully saturated rings. The molecule has 0 bridgehead atoms. The minimum absolute atomic E-state index is 0. The predicted molar refractivity (Wildman–Crippen MR) is 119 cm³/mol. The first-order chi connectivity index (χ1) is 12.0. The third-order valence-corrected chi connectivity index (χ3v) is 3.81. The lowest BCUT2D eigenvalue weighted by molar-refractivity contribution is 0.368. The molecule has 0 saturated carbocycles. The summed E-state index contributed by atoms with van der Waals surface area (Å²) in [6.07, 6.45) is 1.83. The van der Waals surface area contributed by atoms with Gasteiger partial charge in [0.15, 0.2) is 5.96 Å². The van der Waals surface area contributed by atoms with E-state index in [0.29, 0.717) is 11.7 Å². The summed E-state index contributed by atoms with van der Waals surface area (Å²) in [5, 5.41) is 6.65. The van der Waals surface area contributed by atoms with Gasteiger partial charge in [0, 0.05) is 37.3 Å². The molecule has 0 aliphatic carbocycles. The average Bonchev–Trinajstić information content (AvgIpc) is 2.61. The molecule has 0 aliphatic rings. The van der Waals surface area contributed by atoms with Gasteiger partial charge in [-0.3, -0.25) is 4.99 Å². The molecule has 2 N–H and O–H groups in total. The third-order valence-electron chi connectivity index (χ3n) is 3.81. The minimum atomic E-state index is 0. The second-order valence-corrected chi connectivity index (χ2v) is 6.13. The van der Waals surface area contributed by atoms with Gasteiger partial charge in [-0.15, -0.1) is 24.0 Å². The fourth-order valence-electron chi connectivity index (χ4n) is 2.41. The molecule has 26 heavy (non-hydrogen) atoms. The number of benzene rings is 1. The van der Waals surface area contributed by atoms with Crippen molar-refractivity contribution in [2.45, 2.75) is 33.6 Å². The van der Waals surface area contributed by atoms with Crippen LogP contribution in [0.3, 0.4) is 0 Å². The number of ether oxygens (including phenoxy) is 3. The predicted octanol–water partition coefficient (Wildman–Crippen LogP) is 3.47. The van der Waals surface area contributed by atoms with E-state index < -0.39 is 0 Å². The van der Waals surface area contributed by atoms with Crippen molar-refractivity contribution < 1.29 is 14.2 Å². The molecule has 7 heteroatoms. The van der Waals surface area contributed by atoms with Gasteiger partial charge in [-0.05, 0) is 25.7 Å². The number of nitrogens with zero attached hydrogens (tertiary/aromatic N) is 1. The topological polar surface area (TPSA) is 64.1 Å². The molecular formula is C19H34IN3O3. The molecule has 0 saturated heterocycles. The van der Waals surface area contributed by atoms with Crippen LogP contribution in [0.15, 0.2) is 17.1 Å². The van der Waals surface area contributed by atoms with Crippen LogP contribution in [0.5, 0.6) is 17.2 Å². The zero-order chi connectivity index (χ0) is 18.7. The maximum absolute atomic E-state index is 5.49. The summed E-state index contributed by atoms with van der Waals surface area (Å²) in [6, 6.07) is 3.75. The molecule has 6 nitrogen and oxygen atoms in total. The minimum Gasteiger partial charge on any atom is -0.496 e. The molecular weight excluding hydrogens is 445 g/mol. The van der Waals surface area contributed by atoms with E-state index in [4.69, 9.17) is 14.2 Å². The number of methoxy groups -OCH3 is 3. The van der Waals surface area contributed by atoms with Gasteiger partial charge in [0.25, 0.3) is 0 Å². The normalized spacial score (nSPS) is 11.0. The summed E-state index contributed by atoms with van der Waals surface area (Å²) in [7, 11) is 4.94. The SMILES string of the molecule is CCNC(=NCCC(C)C)NCCc1c(OC)cc(OC)cc1OC.I. The van der Waals surface area contributed by atoms with Crippen LogP contribution in [0.2, 0.25) is 0 Å². The number of hydrogen-bond acceptors (Lipinski definition) is 4. The van der Waals surface area contributed by atoms with Gasteiger partial charge in [-0.2, -0.15) is 0 Å². The summed E-state index contributed by atoms with van der Waals surface area (Å²) < 4.78 is 16.3. The van der Waals surface area contributed by atoms with Crippen LogP contribution in [0.4, 0.5) is 0 Å². The molecule has 1 aromatic carbocycles. The van der Waals surface area contributed by atoms with Crippen molar-refractivity contribution in [3.05, 3.63) is 17.7 Å². The first-order valence-electron chi connectivity index (χ1n) is 8.86. The lowest BCUT2D eigenvalue weighted by atomic mass is 10.1. The molecule has 0 unspecified atom stereocenters. The summed E-state index contributed by atoms with van der Waals surface area (Å²) in [6.45, 7) is 8.86. The van der Waals surface area contributed by atoms with Crippen LogP contribution in [0.1, 0.15) is 32.8 Å². The largest absolute Gasteiger partial charge is 0.496 e. The van der Waals surface area contributed by atoms with Crippen molar-refractivity contribution in [3.8, 4) is 17.2 Å². The standard InChI is InChI=1S/C19H33N3O3.HI/c1-7-20-19(21-10-8-14(2)3)22-11-9-16-17(24-5)12-15(23-4)13-18(16)25-6;/h12-14H,7-11H2,1-6H3,(H2,20,21,22);1H. The summed E-state index contributed by atoms with van der Waals surface area (Å²) in [4.78, 5) is 4.61. The Labute approximate surface area is 175 Å². The van der Waals surface area contributed by atoms with Crippen LogP contribution in [0, 0.1) is 5.92 Å². The Hall–Kier alpha value is -1.38. The second-order valence-electron chi connectivity index (χ2n) is 6.13. The molecule has 0 spiro atoms. The number of rotatable bonds is 10. The molecule has 0 heterocycles. The van der Waals surface area contributed by atoms with Crippen molar-refractivity contribution in [3.63, 3.8) is 0 Å².